The molecule has 0 fully saturated rings. The van der Waals surface area contributed by atoms with Crippen molar-refractivity contribution in [1.82, 2.24) is 4.98 Å². The van der Waals surface area contributed by atoms with Gasteiger partial charge in [-0.2, -0.15) is 0 Å². The highest BCUT2D eigenvalue weighted by molar-refractivity contribution is 9.10. The lowest BCUT2D eigenvalue weighted by Gasteiger charge is -2.05. The average molecular weight is 295 g/mol. The molecule has 0 atom stereocenters. The first-order valence-corrected chi connectivity index (χ1v) is 6.42. The topological polar surface area (TPSA) is 38.9 Å². The molecule has 82 valence electrons. The van der Waals surface area contributed by atoms with Crippen molar-refractivity contribution in [1.29, 1.82) is 0 Å². The van der Waals surface area contributed by atoms with Gasteiger partial charge in [0.05, 0.1) is 5.69 Å². The Balaban J connectivity index is 2.26. The highest BCUT2D eigenvalue weighted by atomic mass is 79.9. The van der Waals surface area contributed by atoms with Crippen molar-refractivity contribution in [3.63, 3.8) is 0 Å². The summed E-state index contributed by atoms with van der Waals surface area (Å²) in [5.74, 6) is 0. The van der Waals surface area contributed by atoms with Gasteiger partial charge in [0.2, 0.25) is 0 Å². The molecule has 0 saturated carbocycles. The molecule has 0 aliphatic heterocycles. The van der Waals surface area contributed by atoms with E-state index in [1.165, 1.54) is 0 Å². The highest BCUT2D eigenvalue weighted by Crippen LogP contribution is 2.31. The van der Waals surface area contributed by atoms with E-state index in [2.05, 4.69) is 20.9 Å². The van der Waals surface area contributed by atoms with Crippen molar-refractivity contribution < 1.29 is 0 Å². The molecule has 1 aromatic heterocycles. The Kier molecular flexibility index (Phi) is 3.51. The summed E-state index contributed by atoms with van der Waals surface area (Å²) in [5, 5.41) is 0.863. The summed E-state index contributed by atoms with van der Waals surface area (Å²) in [7, 11) is 0. The van der Waals surface area contributed by atoms with Gasteiger partial charge in [-0.1, -0.05) is 27.7 Å². The fourth-order valence-corrected chi connectivity index (χ4v) is 2.37. The summed E-state index contributed by atoms with van der Waals surface area (Å²) in [6, 6.07) is 11.9. The number of halogens is 1. The van der Waals surface area contributed by atoms with Gasteiger partial charge in [-0.25, -0.2) is 4.98 Å². The van der Waals surface area contributed by atoms with Gasteiger partial charge in [0.1, 0.15) is 5.03 Å². The van der Waals surface area contributed by atoms with E-state index in [1.54, 1.807) is 11.8 Å². The Morgan fingerprint density at radius 2 is 1.81 bits per heavy atom. The van der Waals surface area contributed by atoms with Crippen LogP contribution in [-0.2, 0) is 0 Å². The van der Waals surface area contributed by atoms with E-state index >= 15 is 0 Å². The number of benzene rings is 1. The van der Waals surface area contributed by atoms with Gasteiger partial charge in [0, 0.05) is 15.1 Å². The second-order valence-corrected chi connectivity index (χ2v) is 5.38. The number of anilines is 1. The fourth-order valence-electron chi connectivity index (χ4n) is 1.24. The van der Waals surface area contributed by atoms with E-state index in [1.807, 2.05) is 43.3 Å². The molecule has 2 rings (SSSR count). The largest absolute Gasteiger partial charge is 0.397 e. The highest BCUT2D eigenvalue weighted by Gasteiger charge is 2.03. The lowest BCUT2D eigenvalue weighted by atomic mass is 10.3. The second kappa shape index (κ2) is 4.89. The SMILES string of the molecule is Cc1ccc(N)c(Sc2ccc(Br)cc2)n1. The first kappa shape index (κ1) is 11.5. The molecule has 2 aromatic rings. The fraction of sp³-hybridized carbons (Fsp3) is 0.0833. The third-order valence-corrected chi connectivity index (χ3v) is 3.61. The molecule has 0 spiro atoms. The molecule has 0 unspecified atom stereocenters. The van der Waals surface area contributed by atoms with E-state index in [0.717, 1.165) is 25.8 Å². The van der Waals surface area contributed by atoms with Crippen molar-refractivity contribution in [2.45, 2.75) is 16.8 Å². The molecule has 2 nitrogen and oxygen atoms in total. The lowest BCUT2D eigenvalue weighted by molar-refractivity contribution is 1.07. The minimum atomic E-state index is 0.721. The molecular formula is C12H11BrN2S. The van der Waals surface area contributed by atoms with Gasteiger partial charge in [-0.05, 0) is 43.3 Å². The first-order chi connectivity index (χ1) is 7.65. The Morgan fingerprint density at radius 3 is 2.50 bits per heavy atom. The van der Waals surface area contributed by atoms with Crippen LogP contribution in [0.2, 0.25) is 0 Å². The van der Waals surface area contributed by atoms with Gasteiger partial charge in [-0.15, -0.1) is 0 Å². The average Bonchev–Trinajstić information content (AvgIpc) is 2.27. The van der Waals surface area contributed by atoms with E-state index in [9.17, 15) is 0 Å². The standard InChI is InChI=1S/C12H11BrN2S/c1-8-2-7-11(14)12(15-8)16-10-5-3-9(13)4-6-10/h2-7H,14H2,1H3. The molecule has 16 heavy (non-hydrogen) atoms. The second-order valence-electron chi connectivity index (χ2n) is 3.40. The first-order valence-electron chi connectivity index (χ1n) is 4.82. The minimum Gasteiger partial charge on any atom is -0.397 e. The number of pyridine rings is 1. The number of hydrogen-bond acceptors (Lipinski definition) is 3. The number of nitrogens with zero attached hydrogens (tertiary/aromatic N) is 1. The summed E-state index contributed by atoms with van der Waals surface area (Å²) in [6.07, 6.45) is 0. The molecule has 1 aromatic carbocycles. The van der Waals surface area contributed by atoms with E-state index in [0.29, 0.717) is 0 Å². The van der Waals surface area contributed by atoms with Gasteiger partial charge >= 0.3 is 0 Å². The number of aromatic nitrogens is 1. The van der Waals surface area contributed by atoms with Gasteiger partial charge in [0.15, 0.2) is 0 Å². The van der Waals surface area contributed by atoms with Crippen LogP contribution in [0.5, 0.6) is 0 Å². The zero-order valence-electron chi connectivity index (χ0n) is 8.77. The van der Waals surface area contributed by atoms with Crippen LogP contribution in [0.3, 0.4) is 0 Å². The van der Waals surface area contributed by atoms with Crippen LogP contribution in [0.1, 0.15) is 5.69 Å². The number of nitrogens with two attached hydrogens (primary N) is 1. The van der Waals surface area contributed by atoms with Crippen LogP contribution >= 0.6 is 27.7 Å². The van der Waals surface area contributed by atoms with Crippen LogP contribution in [0.25, 0.3) is 0 Å². The minimum absolute atomic E-state index is 0.721. The Morgan fingerprint density at radius 1 is 1.12 bits per heavy atom. The van der Waals surface area contributed by atoms with Crippen LogP contribution in [0.4, 0.5) is 5.69 Å². The number of aryl methyl sites for hydroxylation is 1. The van der Waals surface area contributed by atoms with Gasteiger partial charge in [0.25, 0.3) is 0 Å². The molecular weight excluding hydrogens is 284 g/mol. The van der Waals surface area contributed by atoms with Crippen molar-refractivity contribution in [3.8, 4) is 0 Å². The maximum Gasteiger partial charge on any atom is 0.124 e. The van der Waals surface area contributed by atoms with Crippen molar-refractivity contribution >= 4 is 33.4 Å². The number of hydrogen-bond donors (Lipinski definition) is 1. The molecule has 0 saturated heterocycles. The van der Waals surface area contributed by atoms with E-state index in [4.69, 9.17) is 5.73 Å². The molecule has 0 aliphatic rings. The lowest BCUT2D eigenvalue weighted by Crippen LogP contribution is -1.93. The molecule has 0 aliphatic carbocycles. The normalized spacial score (nSPS) is 10.4. The zero-order chi connectivity index (χ0) is 11.5. The summed E-state index contributed by atoms with van der Waals surface area (Å²) < 4.78 is 1.07. The van der Waals surface area contributed by atoms with Crippen LogP contribution in [0, 0.1) is 6.92 Å². The summed E-state index contributed by atoms with van der Waals surface area (Å²) >= 11 is 4.99. The number of nitrogen functional groups attached to an aromatic ring is 1. The molecule has 0 amide bonds. The molecule has 1 heterocycles. The third-order valence-electron chi connectivity index (χ3n) is 2.06. The Hall–Kier alpha value is -1.00. The zero-order valence-corrected chi connectivity index (χ0v) is 11.2. The Labute approximate surface area is 107 Å². The molecule has 2 N–H and O–H groups in total. The summed E-state index contributed by atoms with van der Waals surface area (Å²) in [4.78, 5) is 5.55. The van der Waals surface area contributed by atoms with Crippen LogP contribution in [-0.4, -0.2) is 4.98 Å². The molecule has 0 bridgehead atoms. The quantitative estimate of drug-likeness (QED) is 0.913. The summed E-state index contributed by atoms with van der Waals surface area (Å²) in [6.45, 7) is 1.96. The third kappa shape index (κ3) is 2.77. The Bertz CT molecular complexity index is 497. The van der Waals surface area contributed by atoms with Crippen LogP contribution < -0.4 is 5.73 Å². The smallest absolute Gasteiger partial charge is 0.124 e. The molecule has 4 heteroatoms. The number of rotatable bonds is 2. The van der Waals surface area contributed by atoms with Crippen molar-refractivity contribution in [2.24, 2.45) is 0 Å². The van der Waals surface area contributed by atoms with E-state index < -0.39 is 0 Å². The predicted octanol–water partition coefficient (Wildman–Crippen LogP) is 3.89. The predicted molar refractivity (Wildman–Crippen MR) is 71.7 cm³/mol. The van der Waals surface area contributed by atoms with Crippen LogP contribution in [0.15, 0.2) is 50.8 Å². The van der Waals surface area contributed by atoms with Crippen molar-refractivity contribution in [3.05, 3.63) is 46.6 Å². The summed E-state index contributed by atoms with van der Waals surface area (Å²) in [5.41, 5.74) is 7.58. The maximum absolute atomic E-state index is 5.87. The maximum atomic E-state index is 5.87. The van der Waals surface area contributed by atoms with Crippen molar-refractivity contribution in [2.75, 3.05) is 5.73 Å². The van der Waals surface area contributed by atoms with E-state index in [-0.39, 0.29) is 0 Å². The van der Waals surface area contributed by atoms with Gasteiger partial charge in [-0.3, -0.25) is 0 Å². The molecule has 0 radical (unpaired) electrons. The van der Waals surface area contributed by atoms with Gasteiger partial charge < -0.3 is 5.73 Å². The monoisotopic (exact) mass is 294 g/mol.